The molecule has 0 bridgehead atoms. The van der Waals surface area contributed by atoms with Gasteiger partial charge in [-0.15, -0.1) is 0 Å². The van der Waals surface area contributed by atoms with Crippen LogP contribution in [0.2, 0.25) is 0 Å². The first kappa shape index (κ1) is 14.1. The summed E-state index contributed by atoms with van der Waals surface area (Å²) >= 11 is 1.85. The Hall–Kier alpha value is -0.970. The van der Waals surface area contributed by atoms with Crippen molar-refractivity contribution >= 4 is 23.4 Å². The Morgan fingerprint density at radius 2 is 2.18 bits per heavy atom. The maximum absolute atomic E-state index is 4.48. The summed E-state index contributed by atoms with van der Waals surface area (Å²) in [7, 11) is 2.08. The molecule has 4 nitrogen and oxygen atoms in total. The van der Waals surface area contributed by atoms with Gasteiger partial charge in [-0.2, -0.15) is 11.8 Å². The summed E-state index contributed by atoms with van der Waals surface area (Å²) in [6, 6.07) is 2.47. The van der Waals surface area contributed by atoms with Crippen LogP contribution in [0.1, 0.15) is 19.7 Å². The highest BCUT2D eigenvalue weighted by Gasteiger charge is 2.12. The molecule has 5 heteroatoms. The van der Waals surface area contributed by atoms with Crippen LogP contribution in [0.3, 0.4) is 0 Å². The Labute approximate surface area is 108 Å². The molecule has 0 aromatic carbocycles. The number of rotatable bonds is 6. The number of aryl methyl sites for hydroxylation is 1. The predicted octanol–water partition coefficient (Wildman–Crippen LogP) is 2.40. The minimum Gasteiger partial charge on any atom is -0.370 e. The van der Waals surface area contributed by atoms with Crippen molar-refractivity contribution in [2.24, 2.45) is 0 Å². The molecular formula is C12H22N4S. The van der Waals surface area contributed by atoms with Crippen molar-refractivity contribution in [2.75, 3.05) is 35.8 Å². The Balaban J connectivity index is 2.88. The van der Waals surface area contributed by atoms with Gasteiger partial charge in [-0.1, -0.05) is 0 Å². The van der Waals surface area contributed by atoms with Gasteiger partial charge in [0, 0.05) is 31.5 Å². The summed E-state index contributed by atoms with van der Waals surface area (Å²) in [5, 5.41) is 3.23. The van der Waals surface area contributed by atoms with Gasteiger partial charge in [-0.3, -0.25) is 0 Å². The predicted molar refractivity (Wildman–Crippen MR) is 77.2 cm³/mol. The first-order valence-corrected chi connectivity index (χ1v) is 7.29. The Morgan fingerprint density at radius 1 is 1.47 bits per heavy atom. The molecule has 96 valence electrons. The Bertz CT molecular complexity index is 356. The summed E-state index contributed by atoms with van der Waals surface area (Å²) < 4.78 is 0. The number of aromatic nitrogens is 2. The fourth-order valence-electron chi connectivity index (χ4n) is 1.58. The molecule has 0 aliphatic carbocycles. The fraction of sp³-hybridized carbons (Fsp3) is 0.667. The van der Waals surface area contributed by atoms with E-state index < -0.39 is 0 Å². The van der Waals surface area contributed by atoms with Gasteiger partial charge in [0.2, 0.25) is 0 Å². The fourth-order valence-corrected chi connectivity index (χ4v) is 2.29. The SMILES string of the molecule is CCNc1cc(N(C)C(C)CSC)nc(C)n1. The van der Waals surface area contributed by atoms with Gasteiger partial charge in [0.25, 0.3) is 0 Å². The minimum absolute atomic E-state index is 0.466. The lowest BCUT2D eigenvalue weighted by Gasteiger charge is -2.25. The van der Waals surface area contributed by atoms with Crippen LogP contribution in [-0.4, -0.2) is 41.6 Å². The highest BCUT2D eigenvalue weighted by molar-refractivity contribution is 7.98. The average molecular weight is 254 g/mol. The number of nitrogens with one attached hydrogen (secondary N) is 1. The van der Waals surface area contributed by atoms with Gasteiger partial charge in [0.05, 0.1) is 0 Å². The lowest BCUT2D eigenvalue weighted by molar-refractivity contribution is 0.749. The maximum atomic E-state index is 4.48. The average Bonchev–Trinajstić information content (AvgIpc) is 2.28. The van der Waals surface area contributed by atoms with Gasteiger partial charge >= 0.3 is 0 Å². The molecule has 0 saturated heterocycles. The third-order valence-electron chi connectivity index (χ3n) is 2.61. The van der Waals surface area contributed by atoms with Gasteiger partial charge in [0.1, 0.15) is 17.5 Å². The third-order valence-corrected chi connectivity index (χ3v) is 3.43. The first-order chi connectivity index (χ1) is 8.08. The molecule has 0 aliphatic heterocycles. The van der Waals surface area contributed by atoms with Crippen molar-refractivity contribution < 1.29 is 0 Å². The van der Waals surface area contributed by atoms with Crippen LogP contribution in [0, 0.1) is 6.92 Å². The summed E-state index contributed by atoms with van der Waals surface area (Å²) in [4.78, 5) is 11.0. The smallest absolute Gasteiger partial charge is 0.134 e. The summed E-state index contributed by atoms with van der Waals surface area (Å²) in [6.45, 7) is 7.08. The van der Waals surface area contributed by atoms with Crippen molar-refractivity contribution in [2.45, 2.75) is 26.8 Å². The molecule has 1 rings (SSSR count). The van der Waals surface area contributed by atoms with Crippen LogP contribution in [-0.2, 0) is 0 Å². The van der Waals surface area contributed by atoms with Crippen LogP contribution in [0.5, 0.6) is 0 Å². The Kier molecular flexibility index (Phi) is 5.55. The van der Waals surface area contributed by atoms with Crippen LogP contribution < -0.4 is 10.2 Å². The molecule has 0 amide bonds. The van der Waals surface area contributed by atoms with Crippen LogP contribution in [0.15, 0.2) is 6.07 Å². The van der Waals surface area contributed by atoms with Gasteiger partial charge in [0.15, 0.2) is 0 Å². The normalized spacial score (nSPS) is 12.3. The van der Waals surface area contributed by atoms with E-state index in [0.29, 0.717) is 6.04 Å². The van der Waals surface area contributed by atoms with E-state index in [1.54, 1.807) is 0 Å². The van der Waals surface area contributed by atoms with Crippen LogP contribution >= 0.6 is 11.8 Å². The van der Waals surface area contributed by atoms with Gasteiger partial charge in [-0.05, 0) is 27.0 Å². The molecule has 1 heterocycles. The highest BCUT2D eigenvalue weighted by Crippen LogP contribution is 2.17. The zero-order valence-electron chi connectivity index (χ0n) is 11.3. The van der Waals surface area contributed by atoms with E-state index in [0.717, 1.165) is 29.8 Å². The van der Waals surface area contributed by atoms with E-state index in [1.165, 1.54) is 0 Å². The molecular weight excluding hydrogens is 232 g/mol. The topological polar surface area (TPSA) is 41.0 Å². The second-order valence-electron chi connectivity index (χ2n) is 4.10. The van der Waals surface area contributed by atoms with Crippen molar-refractivity contribution in [1.82, 2.24) is 9.97 Å². The highest BCUT2D eigenvalue weighted by atomic mass is 32.2. The third kappa shape index (κ3) is 4.07. The van der Waals surface area contributed by atoms with E-state index in [2.05, 4.69) is 47.3 Å². The van der Waals surface area contributed by atoms with Crippen LogP contribution in [0.4, 0.5) is 11.6 Å². The molecule has 1 unspecified atom stereocenters. The standard InChI is InChI=1S/C12H22N4S/c1-6-13-11-7-12(15-10(3)14-11)16(4)9(2)8-17-5/h7,9H,6,8H2,1-5H3,(H,13,14,15). The van der Waals surface area contributed by atoms with Crippen molar-refractivity contribution in [3.05, 3.63) is 11.9 Å². The number of hydrogen-bond acceptors (Lipinski definition) is 5. The summed E-state index contributed by atoms with van der Waals surface area (Å²) in [5.41, 5.74) is 0. The minimum atomic E-state index is 0.466. The molecule has 0 aliphatic rings. The zero-order chi connectivity index (χ0) is 12.8. The number of thioether (sulfide) groups is 1. The quantitative estimate of drug-likeness (QED) is 0.844. The summed E-state index contributed by atoms with van der Waals surface area (Å²) in [5.74, 6) is 3.78. The molecule has 0 radical (unpaired) electrons. The summed E-state index contributed by atoms with van der Waals surface area (Å²) in [6.07, 6.45) is 2.12. The first-order valence-electron chi connectivity index (χ1n) is 5.89. The lowest BCUT2D eigenvalue weighted by atomic mass is 10.3. The van der Waals surface area contributed by atoms with Gasteiger partial charge in [-0.25, -0.2) is 9.97 Å². The molecule has 0 fully saturated rings. The largest absolute Gasteiger partial charge is 0.370 e. The molecule has 17 heavy (non-hydrogen) atoms. The maximum Gasteiger partial charge on any atom is 0.134 e. The van der Waals surface area contributed by atoms with Crippen molar-refractivity contribution in [1.29, 1.82) is 0 Å². The zero-order valence-corrected chi connectivity index (χ0v) is 12.1. The molecule has 0 spiro atoms. The molecule has 0 saturated carbocycles. The van der Waals surface area contributed by atoms with Crippen molar-refractivity contribution in [3.8, 4) is 0 Å². The van der Waals surface area contributed by atoms with E-state index in [4.69, 9.17) is 0 Å². The van der Waals surface area contributed by atoms with Gasteiger partial charge < -0.3 is 10.2 Å². The number of nitrogens with zero attached hydrogens (tertiary/aromatic N) is 3. The number of anilines is 2. The second-order valence-corrected chi connectivity index (χ2v) is 5.01. The number of hydrogen-bond donors (Lipinski definition) is 1. The van der Waals surface area contributed by atoms with Crippen molar-refractivity contribution in [3.63, 3.8) is 0 Å². The second kappa shape index (κ2) is 6.69. The lowest BCUT2D eigenvalue weighted by Crippen LogP contribution is -2.31. The monoisotopic (exact) mass is 254 g/mol. The van der Waals surface area contributed by atoms with E-state index in [-0.39, 0.29) is 0 Å². The van der Waals surface area contributed by atoms with E-state index in [1.807, 2.05) is 24.8 Å². The van der Waals surface area contributed by atoms with Crippen LogP contribution in [0.25, 0.3) is 0 Å². The van der Waals surface area contributed by atoms with E-state index >= 15 is 0 Å². The molecule has 1 atom stereocenters. The molecule has 1 aromatic heterocycles. The molecule has 1 aromatic rings. The van der Waals surface area contributed by atoms with E-state index in [9.17, 15) is 0 Å². The Morgan fingerprint density at radius 3 is 2.76 bits per heavy atom. The molecule has 1 N–H and O–H groups in total.